The van der Waals surface area contributed by atoms with Crippen LogP contribution >= 0.6 is 0 Å². The Balaban J connectivity index is 1.85. The Morgan fingerprint density at radius 1 is 1.38 bits per heavy atom. The van der Waals surface area contributed by atoms with Gasteiger partial charge >= 0.3 is 0 Å². The molecular formula is C16H18FNO2S. The topological polar surface area (TPSA) is 61.1 Å². The van der Waals surface area contributed by atoms with Crippen molar-refractivity contribution in [3.8, 4) is 6.07 Å². The zero-order chi connectivity index (χ0) is 15.0. The van der Waals surface area contributed by atoms with E-state index >= 15 is 0 Å². The van der Waals surface area contributed by atoms with Gasteiger partial charge in [-0.1, -0.05) is 12.5 Å². The molecule has 2 saturated heterocycles. The zero-order valence-corrected chi connectivity index (χ0v) is 12.5. The van der Waals surface area contributed by atoms with Crippen molar-refractivity contribution in [2.45, 2.75) is 54.6 Å². The van der Waals surface area contributed by atoms with E-state index in [-0.39, 0.29) is 16.1 Å². The van der Waals surface area contributed by atoms with Gasteiger partial charge in [0.05, 0.1) is 17.2 Å². The molecule has 0 saturated carbocycles. The van der Waals surface area contributed by atoms with Crippen molar-refractivity contribution in [1.29, 1.82) is 5.26 Å². The Morgan fingerprint density at radius 2 is 2.05 bits per heavy atom. The Hall–Kier alpha value is -1.25. The molecule has 1 aromatic carbocycles. The molecule has 112 valence electrons. The highest BCUT2D eigenvalue weighted by Gasteiger charge is 2.45. The fourth-order valence-corrected chi connectivity index (χ4v) is 5.97. The summed E-state index contributed by atoms with van der Waals surface area (Å²) in [6.45, 7) is 0. The molecule has 1 N–H and O–H groups in total. The van der Waals surface area contributed by atoms with Gasteiger partial charge < -0.3 is 5.11 Å². The van der Waals surface area contributed by atoms with Gasteiger partial charge in [0, 0.05) is 27.7 Å². The Kier molecular flexibility index (Phi) is 3.85. The van der Waals surface area contributed by atoms with Crippen LogP contribution in [0, 0.1) is 17.1 Å². The molecule has 2 atom stereocenters. The lowest BCUT2D eigenvalue weighted by Crippen LogP contribution is -2.50. The van der Waals surface area contributed by atoms with Crippen molar-refractivity contribution < 1.29 is 13.7 Å². The summed E-state index contributed by atoms with van der Waals surface area (Å²) in [6, 6.07) is 6.10. The summed E-state index contributed by atoms with van der Waals surface area (Å²) < 4.78 is 25.4. The maximum Gasteiger partial charge on any atom is 0.124 e. The van der Waals surface area contributed by atoms with Crippen molar-refractivity contribution in [2.75, 3.05) is 0 Å². The summed E-state index contributed by atoms with van der Waals surface area (Å²) in [5.41, 5.74) is 0.0278. The number of benzene rings is 1. The highest BCUT2D eigenvalue weighted by atomic mass is 32.2. The van der Waals surface area contributed by atoms with Gasteiger partial charge in [0.2, 0.25) is 0 Å². The first-order valence-electron chi connectivity index (χ1n) is 7.31. The first-order valence-corrected chi connectivity index (χ1v) is 8.59. The first kappa shape index (κ1) is 14.7. The van der Waals surface area contributed by atoms with E-state index in [1.54, 1.807) is 6.07 Å². The molecule has 2 fully saturated rings. The molecule has 1 aromatic rings. The molecular weight excluding hydrogens is 289 g/mol. The smallest absolute Gasteiger partial charge is 0.124 e. The van der Waals surface area contributed by atoms with E-state index in [2.05, 4.69) is 0 Å². The fourth-order valence-electron chi connectivity index (χ4n) is 3.68. The Bertz CT molecular complexity index is 609. The second-order valence-electron chi connectivity index (χ2n) is 6.23. The van der Waals surface area contributed by atoms with Crippen molar-refractivity contribution in [1.82, 2.24) is 0 Å². The fraction of sp³-hybridized carbons (Fsp3) is 0.562. The quantitative estimate of drug-likeness (QED) is 0.913. The van der Waals surface area contributed by atoms with Crippen LogP contribution in [0.3, 0.4) is 0 Å². The minimum atomic E-state index is -0.924. The number of hydrogen-bond acceptors (Lipinski definition) is 3. The van der Waals surface area contributed by atoms with E-state index in [0.29, 0.717) is 24.8 Å². The normalized spacial score (nSPS) is 35.2. The lowest BCUT2D eigenvalue weighted by atomic mass is 9.80. The van der Waals surface area contributed by atoms with Gasteiger partial charge in [0.25, 0.3) is 0 Å². The van der Waals surface area contributed by atoms with Crippen LogP contribution in [0.5, 0.6) is 0 Å². The van der Waals surface area contributed by atoms with Crippen LogP contribution in [0.15, 0.2) is 18.2 Å². The monoisotopic (exact) mass is 307 g/mol. The summed E-state index contributed by atoms with van der Waals surface area (Å²) in [4.78, 5) is 0. The third-order valence-corrected chi connectivity index (χ3v) is 6.76. The molecule has 2 aliphatic heterocycles. The maximum atomic E-state index is 13.2. The van der Waals surface area contributed by atoms with Crippen LogP contribution in [0.4, 0.5) is 4.39 Å². The van der Waals surface area contributed by atoms with Gasteiger partial charge in [-0.05, 0) is 43.4 Å². The standard InChI is InChI=1S/C16H18FNO2S/c17-13-5-4-11(12(6-13)10-18)7-16(19)8-14-2-1-3-15(9-16)21(14)20/h4-6,14-15,19H,1-3,7-9H2. The molecule has 21 heavy (non-hydrogen) atoms. The summed E-state index contributed by atoms with van der Waals surface area (Å²) in [6.07, 6.45) is 4.24. The van der Waals surface area contributed by atoms with Crippen molar-refractivity contribution in [2.24, 2.45) is 0 Å². The van der Waals surface area contributed by atoms with Gasteiger partial charge in [0.15, 0.2) is 0 Å². The van der Waals surface area contributed by atoms with Crippen LogP contribution in [0.1, 0.15) is 43.2 Å². The molecule has 3 nitrogen and oxygen atoms in total. The average Bonchev–Trinajstić information content (AvgIpc) is 2.43. The van der Waals surface area contributed by atoms with Crippen molar-refractivity contribution in [3.63, 3.8) is 0 Å². The number of halogens is 1. The van der Waals surface area contributed by atoms with E-state index in [0.717, 1.165) is 19.3 Å². The van der Waals surface area contributed by atoms with Gasteiger partial charge in [-0.25, -0.2) is 4.39 Å². The van der Waals surface area contributed by atoms with Gasteiger partial charge in [-0.3, -0.25) is 4.21 Å². The molecule has 5 heteroatoms. The SMILES string of the molecule is N#Cc1cc(F)ccc1CC1(O)CC2CCCC(C1)S2=O. The molecule has 2 aliphatic rings. The van der Waals surface area contributed by atoms with E-state index in [4.69, 9.17) is 5.26 Å². The molecule has 2 unspecified atom stereocenters. The van der Waals surface area contributed by atoms with E-state index in [1.807, 2.05) is 6.07 Å². The molecule has 0 amide bonds. The average molecular weight is 307 g/mol. The van der Waals surface area contributed by atoms with Crippen LogP contribution in [0.2, 0.25) is 0 Å². The molecule has 0 aliphatic carbocycles. The van der Waals surface area contributed by atoms with E-state index in [9.17, 15) is 13.7 Å². The van der Waals surface area contributed by atoms with Gasteiger partial charge in [-0.15, -0.1) is 0 Å². The summed E-state index contributed by atoms with van der Waals surface area (Å²) in [5.74, 6) is -0.441. The Labute approximate surface area is 126 Å². The molecule has 0 spiro atoms. The predicted octanol–water partition coefficient (Wildman–Crippen LogP) is 2.43. The maximum absolute atomic E-state index is 13.2. The van der Waals surface area contributed by atoms with Crippen molar-refractivity contribution in [3.05, 3.63) is 35.1 Å². The number of nitrogens with zero attached hydrogens (tertiary/aromatic N) is 1. The second kappa shape index (κ2) is 5.51. The zero-order valence-electron chi connectivity index (χ0n) is 11.7. The number of hydrogen-bond donors (Lipinski definition) is 1. The number of rotatable bonds is 2. The van der Waals surface area contributed by atoms with Crippen molar-refractivity contribution >= 4 is 10.8 Å². The third-order valence-electron chi connectivity index (χ3n) is 4.64. The van der Waals surface area contributed by atoms with Gasteiger partial charge in [0.1, 0.15) is 5.82 Å². The van der Waals surface area contributed by atoms with Crippen LogP contribution in [-0.4, -0.2) is 25.4 Å². The van der Waals surface area contributed by atoms with Crippen LogP contribution in [-0.2, 0) is 17.2 Å². The molecule has 2 heterocycles. The lowest BCUT2D eigenvalue weighted by Gasteiger charge is -2.43. The molecule has 2 bridgehead atoms. The summed E-state index contributed by atoms with van der Waals surface area (Å²) in [7, 11) is -0.836. The van der Waals surface area contributed by atoms with E-state index < -0.39 is 22.2 Å². The minimum absolute atomic E-state index is 0.0634. The minimum Gasteiger partial charge on any atom is -0.389 e. The van der Waals surface area contributed by atoms with E-state index in [1.165, 1.54) is 12.1 Å². The Morgan fingerprint density at radius 3 is 2.67 bits per heavy atom. The summed E-state index contributed by atoms with van der Waals surface area (Å²) >= 11 is 0. The molecule has 0 radical (unpaired) electrons. The van der Waals surface area contributed by atoms with Crippen LogP contribution in [0.25, 0.3) is 0 Å². The summed E-state index contributed by atoms with van der Waals surface area (Å²) in [5, 5.41) is 20.1. The molecule has 0 aromatic heterocycles. The number of nitriles is 1. The number of aliphatic hydroxyl groups is 1. The van der Waals surface area contributed by atoms with Crippen LogP contribution < -0.4 is 0 Å². The predicted molar refractivity (Wildman–Crippen MR) is 78.6 cm³/mol. The highest BCUT2D eigenvalue weighted by Crippen LogP contribution is 2.41. The highest BCUT2D eigenvalue weighted by molar-refractivity contribution is 7.86. The molecule has 3 rings (SSSR count). The first-order chi connectivity index (χ1) is 10.0. The lowest BCUT2D eigenvalue weighted by molar-refractivity contribution is 0.0113. The second-order valence-corrected chi connectivity index (χ2v) is 8.22. The largest absolute Gasteiger partial charge is 0.389 e. The third kappa shape index (κ3) is 2.88. The van der Waals surface area contributed by atoms with Gasteiger partial charge in [-0.2, -0.15) is 5.26 Å². The number of fused-ring (bicyclic) bond motifs is 2.